The summed E-state index contributed by atoms with van der Waals surface area (Å²) in [6, 6.07) is 11.5. The topological polar surface area (TPSA) is 54.5 Å². The van der Waals surface area contributed by atoms with Gasteiger partial charge in [0.05, 0.1) is 6.54 Å². The van der Waals surface area contributed by atoms with Crippen LogP contribution in [0.5, 0.6) is 5.75 Å². The third-order valence-corrected chi connectivity index (χ3v) is 3.22. The Morgan fingerprint density at radius 2 is 2.05 bits per heavy atom. The molecule has 0 saturated heterocycles. The first-order chi connectivity index (χ1) is 10.6. The lowest BCUT2D eigenvalue weighted by molar-refractivity contribution is 0.195. The number of hydrogen-bond donors (Lipinski definition) is 1. The third kappa shape index (κ3) is 5.09. The predicted molar refractivity (Wildman–Crippen MR) is 85.8 cm³/mol. The van der Waals surface area contributed by atoms with Crippen LogP contribution in [0.15, 0.2) is 48.8 Å². The SMILES string of the molecule is Cc1cccc(OCCN(C)C(=O)NCc2ccncc2)c1. The van der Waals surface area contributed by atoms with Crippen molar-refractivity contribution in [1.82, 2.24) is 15.2 Å². The van der Waals surface area contributed by atoms with Crippen molar-refractivity contribution in [2.45, 2.75) is 13.5 Å². The second kappa shape index (κ2) is 8.02. The second-order valence-corrected chi connectivity index (χ2v) is 5.10. The van der Waals surface area contributed by atoms with Crippen molar-refractivity contribution >= 4 is 6.03 Å². The number of carbonyl (C=O) groups is 1. The molecule has 5 heteroatoms. The van der Waals surface area contributed by atoms with Crippen LogP contribution in [0, 0.1) is 6.92 Å². The van der Waals surface area contributed by atoms with Gasteiger partial charge in [-0.15, -0.1) is 0 Å². The van der Waals surface area contributed by atoms with Crippen molar-refractivity contribution in [3.05, 3.63) is 59.9 Å². The van der Waals surface area contributed by atoms with Crippen molar-refractivity contribution < 1.29 is 9.53 Å². The molecule has 0 radical (unpaired) electrons. The first kappa shape index (κ1) is 15.8. The van der Waals surface area contributed by atoms with Crippen molar-refractivity contribution in [1.29, 1.82) is 0 Å². The number of aryl methyl sites for hydroxylation is 1. The van der Waals surface area contributed by atoms with E-state index in [1.165, 1.54) is 0 Å². The summed E-state index contributed by atoms with van der Waals surface area (Å²) >= 11 is 0. The number of carbonyl (C=O) groups excluding carboxylic acids is 1. The Morgan fingerprint density at radius 3 is 2.77 bits per heavy atom. The zero-order valence-corrected chi connectivity index (χ0v) is 13.0. The number of likely N-dealkylation sites (N-methyl/N-ethyl adjacent to an activating group) is 1. The highest BCUT2D eigenvalue weighted by atomic mass is 16.5. The molecule has 116 valence electrons. The van der Waals surface area contributed by atoms with E-state index in [9.17, 15) is 4.79 Å². The Hall–Kier alpha value is -2.56. The van der Waals surface area contributed by atoms with Gasteiger partial charge in [0.1, 0.15) is 12.4 Å². The molecule has 0 atom stereocenters. The minimum absolute atomic E-state index is 0.121. The molecule has 2 rings (SSSR count). The molecule has 1 N–H and O–H groups in total. The van der Waals surface area contributed by atoms with Gasteiger partial charge in [-0.3, -0.25) is 4.98 Å². The van der Waals surface area contributed by atoms with E-state index in [-0.39, 0.29) is 6.03 Å². The second-order valence-electron chi connectivity index (χ2n) is 5.10. The zero-order chi connectivity index (χ0) is 15.8. The Labute approximate surface area is 130 Å². The normalized spacial score (nSPS) is 10.1. The van der Waals surface area contributed by atoms with Gasteiger partial charge in [-0.1, -0.05) is 12.1 Å². The van der Waals surface area contributed by atoms with E-state index in [2.05, 4.69) is 10.3 Å². The molecule has 0 aliphatic carbocycles. The van der Waals surface area contributed by atoms with E-state index in [1.54, 1.807) is 24.3 Å². The van der Waals surface area contributed by atoms with Crippen LogP contribution in [0.4, 0.5) is 4.79 Å². The lowest BCUT2D eigenvalue weighted by Crippen LogP contribution is -2.39. The molecule has 2 amide bonds. The van der Waals surface area contributed by atoms with E-state index in [1.807, 2.05) is 43.3 Å². The summed E-state index contributed by atoms with van der Waals surface area (Å²) in [4.78, 5) is 17.5. The van der Waals surface area contributed by atoms with Gasteiger partial charge >= 0.3 is 6.03 Å². The number of urea groups is 1. The molecule has 0 fully saturated rings. The van der Waals surface area contributed by atoms with Crippen LogP contribution in [-0.4, -0.2) is 36.1 Å². The van der Waals surface area contributed by atoms with Crippen LogP contribution in [0.3, 0.4) is 0 Å². The molecule has 0 aliphatic heterocycles. The molecule has 1 aromatic carbocycles. The van der Waals surface area contributed by atoms with Crippen LogP contribution < -0.4 is 10.1 Å². The molecule has 0 spiro atoms. The van der Waals surface area contributed by atoms with Gasteiger partial charge in [0, 0.05) is 26.0 Å². The van der Waals surface area contributed by atoms with Gasteiger partial charge in [0.15, 0.2) is 0 Å². The molecule has 0 bridgehead atoms. The van der Waals surface area contributed by atoms with Crippen LogP contribution in [-0.2, 0) is 6.54 Å². The van der Waals surface area contributed by atoms with E-state index < -0.39 is 0 Å². The average Bonchev–Trinajstić information content (AvgIpc) is 2.53. The highest BCUT2D eigenvalue weighted by Crippen LogP contribution is 2.11. The van der Waals surface area contributed by atoms with Gasteiger partial charge in [-0.25, -0.2) is 4.79 Å². The Balaban J connectivity index is 1.70. The van der Waals surface area contributed by atoms with Gasteiger partial charge < -0.3 is 15.0 Å². The molecule has 22 heavy (non-hydrogen) atoms. The van der Waals surface area contributed by atoms with Gasteiger partial charge in [0.25, 0.3) is 0 Å². The fourth-order valence-electron chi connectivity index (χ4n) is 1.92. The fraction of sp³-hybridized carbons (Fsp3) is 0.294. The summed E-state index contributed by atoms with van der Waals surface area (Å²) in [5.41, 5.74) is 2.17. The summed E-state index contributed by atoms with van der Waals surface area (Å²) in [6.07, 6.45) is 3.42. The lowest BCUT2D eigenvalue weighted by Gasteiger charge is -2.18. The number of amides is 2. The molecule has 1 aromatic heterocycles. The standard InChI is InChI=1S/C17H21N3O2/c1-14-4-3-5-16(12-14)22-11-10-20(2)17(21)19-13-15-6-8-18-9-7-15/h3-9,12H,10-11,13H2,1-2H3,(H,19,21). The lowest BCUT2D eigenvalue weighted by atomic mass is 10.2. The molecular weight excluding hydrogens is 278 g/mol. The van der Waals surface area contributed by atoms with E-state index in [0.29, 0.717) is 19.7 Å². The summed E-state index contributed by atoms with van der Waals surface area (Å²) < 4.78 is 5.64. The van der Waals surface area contributed by atoms with E-state index >= 15 is 0 Å². The first-order valence-corrected chi connectivity index (χ1v) is 7.22. The van der Waals surface area contributed by atoms with E-state index in [0.717, 1.165) is 16.9 Å². The maximum Gasteiger partial charge on any atom is 0.317 e. The van der Waals surface area contributed by atoms with Crippen LogP contribution >= 0.6 is 0 Å². The Bertz CT molecular complexity index is 602. The van der Waals surface area contributed by atoms with Crippen LogP contribution in [0.2, 0.25) is 0 Å². The number of rotatable bonds is 6. The Kier molecular flexibility index (Phi) is 5.77. The summed E-state index contributed by atoms with van der Waals surface area (Å²) in [6.45, 7) is 3.49. The predicted octanol–water partition coefficient (Wildman–Crippen LogP) is 2.61. The smallest absolute Gasteiger partial charge is 0.317 e. The maximum atomic E-state index is 12.0. The molecule has 2 aromatic rings. The number of ether oxygens (including phenoxy) is 1. The van der Waals surface area contributed by atoms with Gasteiger partial charge in [0.2, 0.25) is 0 Å². The van der Waals surface area contributed by atoms with E-state index in [4.69, 9.17) is 4.74 Å². The summed E-state index contributed by atoms with van der Waals surface area (Å²) in [7, 11) is 1.75. The minimum Gasteiger partial charge on any atom is -0.492 e. The number of nitrogens with one attached hydrogen (secondary N) is 1. The number of pyridine rings is 1. The van der Waals surface area contributed by atoms with Crippen molar-refractivity contribution in [2.24, 2.45) is 0 Å². The van der Waals surface area contributed by atoms with Crippen molar-refractivity contribution in [3.63, 3.8) is 0 Å². The van der Waals surface area contributed by atoms with Crippen molar-refractivity contribution in [2.75, 3.05) is 20.2 Å². The number of aromatic nitrogens is 1. The molecule has 0 aliphatic rings. The molecule has 0 unspecified atom stereocenters. The monoisotopic (exact) mass is 299 g/mol. The summed E-state index contributed by atoms with van der Waals surface area (Å²) in [5.74, 6) is 0.825. The van der Waals surface area contributed by atoms with Crippen molar-refractivity contribution in [3.8, 4) is 5.75 Å². The maximum absolute atomic E-state index is 12.0. The highest BCUT2D eigenvalue weighted by molar-refractivity contribution is 5.73. The third-order valence-electron chi connectivity index (χ3n) is 3.22. The molecule has 5 nitrogen and oxygen atoms in total. The van der Waals surface area contributed by atoms with Gasteiger partial charge in [-0.05, 0) is 42.3 Å². The number of hydrogen-bond acceptors (Lipinski definition) is 3. The summed E-state index contributed by atoms with van der Waals surface area (Å²) in [5, 5.41) is 2.86. The minimum atomic E-state index is -0.121. The van der Waals surface area contributed by atoms with Gasteiger partial charge in [-0.2, -0.15) is 0 Å². The molecule has 1 heterocycles. The average molecular weight is 299 g/mol. The highest BCUT2D eigenvalue weighted by Gasteiger charge is 2.07. The quantitative estimate of drug-likeness (QED) is 0.892. The number of nitrogens with zero attached hydrogens (tertiary/aromatic N) is 2. The molecule has 0 saturated carbocycles. The van der Waals surface area contributed by atoms with Crippen LogP contribution in [0.1, 0.15) is 11.1 Å². The van der Waals surface area contributed by atoms with Crippen LogP contribution in [0.25, 0.3) is 0 Å². The first-order valence-electron chi connectivity index (χ1n) is 7.22. The molecular formula is C17H21N3O2. The fourth-order valence-corrected chi connectivity index (χ4v) is 1.92. The Morgan fingerprint density at radius 1 is 1.27 bits per heavy atom. The number of benzene rings is 1. The zero-order valence-electron chi connectivity index (χ0n) is 13.0. The largest absolute Gasteiger partial charge is 0.492 e.